The zero-order chi connectivity index (χ0) is 14.0. The summed E-state index contributed by atoms with van der Waals surface area (Å²) >= 11 is 6.58. The molecule has 0 amide bonds. The minimum atomic E-state index is 0.857. The summed E-state index contributed by atoms with van der Waals surface area (Å²) < 4.78 is 0. The molecule has 2 heteroatoms. The molecule has 0 bridgehead atoms. The molecule has 0 aliphatic rings. The first-order chi connectivity index (χ1) is 9.12. The Bertz CT molecular complexity index is 629. The van der Waals surface area contributed by atoms with Crippen LogP contribution in [0, 0.1) is 0 Å². The smallest absolute Gasteiger partial charge is 0.0720 e. The minimum Gasteiger partial charge on any atom is -0.252 e. The molecule has 0 unspecified atom stereocenters. The minimum absolute atomic E-state index is 0.857. The van der Waals surface area contributed by atoms with Crippen LogP contribution in [-0.2, 0) is 12.8 Å². The van der Waals surface area contributed by atoms with Crippen LogP contribution in [0.1, 0.15) is 44.0 Å². The van der Waals surface area contributed by atoms with Crippen molar-refractivity contribution in [2.45, 2.75) is 40.0 Å². The van der Waals surface area contributed by atoms with Crippen LogP contribution in [0.3, 0.4) is 0 Å². The lowest BCUT2D eigenvalue weighted by Crippen LogP contribution is -1.98. The van der Waals surface area contributed by atoms with E-state index in [4.69, 9.17) is 16.6 Å². The van der Waals surface area contributed by atoms with Gasteiger partial charge in [0.05, 0.1) is 10.5 Å². The third-order valence-corrected chi connectivity index (χ3v) is 4.06. The SMILES string of the molecule is C=C(CC)c1ccc2nc(CC)c(CC)c(Cl)c2c1. The maximum Gasteiger partial charge on any atom is 0.0720 e. The summed E-state index contributed by atoms with van der Waals surface area (Å²) in [4.78, 5) is 4.74. The molecule has 1 aromatic heterocycles. The van der Waals surface area contributed by atoms with E-state index in [0.717, 1.165) is 52.0 Å². The third-order valence-electron chi connectivity index (χ3n) is 3.63. The largest absolute Gasteiger partial charge is 0.252 e. The summed E-state index contributed by atoms with van der Waals surface area (Å²) in [5.41, 5.74) is 5.56. The number of aromatic nitrogens is 1. The molecule has 0 spiro atoms. The van der Waals surface area contributed by atoms with Gasteiger partial charge in [-0.2, -0.15) is 0 Å². The van der Waals surface area contributed by atoms with Crippen LogP contribution in [0.4, 0.5) is 0 Å². The van der Waals surface area contributed by atoms with Gasteiger partial charge in [-0.15, -0.1) is 0 Å². The van der Waals surface area contributed by atoms with Gasteiger partial charge in [0.15, 0.2) is 0 Å². The fraction of sp³-hybridized carbons (Fsp3) is 0.353. The van der Waals surface area contributed by atoms with Gasteiger partial charge in [-0.3, -0.25) is 4.98 Å². The zero-order valence-corrected chi connectivity index (χ0v) is 12.6. The van der Waals surface area contributed by atoms with Crippen molar-refractivity contribution in [3.05, 3.63) is 46.6 Å². The molecule has 0 aliphatic carbocycles. The predicted octanol–water partition coefficient (Wildman–Crippen LogP) is 5.44. The Labute approximate surface area is 120 Å². The number of fused-ring (bicyclic) bond motifs is 1. The molecule has 0 aliphatic heterocycles. The first-order valence-electron chi connectivity index (χ1n) is 6.91. The first kappa shape index (κ1) is 14.1. The number of aryl methyl sites for hydroxylation is 1. The molecule has 0 atom stereocenters. The summed E-state index contributed by atoms with van der Waals surface area (Å²) in [7, 11) is 0. The number of hydrogen-bond donors (Lipinski definition) is 0. The second-order valence-electron chi connectivity index (χ2n) is 4.75. The van der Waals surface area contributed by atoms with Gasteiger partial charge in [0.25, 0.3) is 0 Å². The summed E-state index contributed by atoms with van der Waals surface area (Å²) in [6, 6.07) is 6.26. The predicted molar refractivity (Wildman–Crippen MR) is 84.8 cm³/mol. The van der Waals surface area contributed by atoms with Crippen molar-refractivity contribution in [1.29, 1.82) is 0 Å². The Balaban J connectivity index is 2.72. The van der Waals surface area contributed by atoms with Gasteiger partial charge < -0.3 is 0 Å². The van der Waals surface area contributed by atoms with Crippen molar-refractivity contribution in [2.75, 3.05) is 0 Å². The molecule has 0 N–H and O–H groups in total. The van der Waals surface area contributed by atoms with Crippen molar-refractivity contribution >= 4 is 28.1 Å². The normalized spacial score (nSPS) is 10.9. The summed E-state index contributed by atoms with van der Waals surface area (Å²) in [6.07, 6.45) is 2.79. The first-order valence-corrected chi connectivity index (χ1v) is 7.29. The highest BCUT2D eigenvalue weighted by molar-refractivity contribution is 6.36. The van der Waals surface area contributed by atoms with Crippen molar-refractivity contribution in [3.8, 4) is 0 Å². The van der Waals surface area contributed by atoms with Gasteiger partial charge in [0.2, 0.25) is 0 Å². The van der Waals surface area contributed by atoms with Crippen LogP contribution in [0.25, 0.3) is 16.5 Å². The van der Waals surface area contributed by atoms with Crippen LogP contribution >= 0.6 is 11.6 Å². The molecule has 0 saturated carbocycles. The molecule has 19 heavy (non-hydrogen) atoms. The topological polar surface area (TPSA) is 12.9 Å². The maximum absolute atomic E-state index is 6.58. The highest BCUT2D eigenvalue weighted by atomic mass is 35.5. The lowest BCUT2D eigenvalue weighted by molar-refractivity contribution is 0.982. The van der Waals surface area contributed by atoms with Crippen LogP contribution in [-0.4, -0.2) is 4.98 Å². The number of halogens is 1. The van der Waals surface area contributed by atoms with E-state index in [2.05, 4.69) is 45.5 Å². The van der Waals surface area contributed by atoms with E-state index in [-0.39, 0.29) is 0 Å². The van der Waals surface area contributed by atoms with Gasteiger partial charge in [-0.05, 0) is 48.1 Å². The second kappa shape index (κ2) is 5.75. The van der Waals surface area contributed by atoms with E-state index in [9.17, 15) is 0 Å². The number of pyridine rings is 1. The maximum atomic E-state index is 6.58. The lowest BCUT2D eigenvalue weighted by Gasteiger charge is -2.12. The number of benzene rings is 1. The van der Waals surface area contributed by atoms with E-state index < -0.39 is 0 Å². The number of hydrogen-bond acceptors (Lipinski definition) is 1. The van der Waals surface area contributed by atoms with Gasteiger partial charge in [0.1, 0.15) is 0 Å². The molecule has 2 rings (SSSR count). The Hall–Kier alpha value is -1.34. The van der Waals surface area contributed by atoms with Crippen LogP contribution in [0.5, 0.6) is 0 Å². The molecular formula is C17H20ClN. The van der Waals surface area contributed by atoms with E-state index in [1.165, 1.54) is 5.56 Å². The molecule has 2 aromatic rings. The highest BCUT2D eigenvalue weighted by Crippen LogP contribution is 2.31. The average molecular weight is 274 g/mol. The van der Waals surface area contributed by atoms with Gasteiger partial charge in [-0.25, -0.2) is 0 Å². The third kappa shape index (κ3) is 2.52. The van der Waals surface area contributed by atoms with Crippen LogP contribution in [0.15, 0.2) is 24.8 Å². The molecule has 1 heterocycles. The quantitative estimate of drug-likeness (QED) is 0.723. The monoisotopic (exact) mass is 273 g/mol. The Morgan fingerprint density at radius 2 is 1.95 bits per heavy atom. The molecular weight excluding hydrogens is 254 g/mol. The summed E-state index contributed by atoms with van der Waals surface area (Å²) in [5, 5.41) is 1.90. The van der Waals surface area contributed by atoms with Crippen molar-refractivity contribution in [2.24, 2.45) is 0 Å². The highest BCUT2D eigenvalue weighted by Gasteiger charge is 2.12. The fourth-order valence-corrected chi connectivity index (χ4v) is 2.78. The number of rotatable bonds is 4. The fourth-order valence-electron chi connectivity index (χ4n) is 2.39. The molecule has 100 valence electrons. The lowest BCUT2D eigenvalue weighted by atomic mass is 10.00. The standard InChI is InChI=1S/C17H20ClN/c1-5-11(4)12-8-9-16-14(10-12)17(18)13(6-2)15(7-3)19-16/h8-10H,4-7H2,1-3H3. The van der Waals surface area contributed by atoms with Crippen LogP contribution < -0.4 is 0 Å². The van der Waals surface area contributed by atoms with E-state index in [1.54, 1.807) is 0 Å². The van der Waals surface area contributed by atoms with Crippen molar-refractivity contribution < 1.29 is 0 Å². The van der Waals surface area contributed by atoms with Gasteiger partial charge in [-0.1, -0.05) is 45.0 Å². The van der Waals surface area contributed by atoms with Gasteiger partial charge in [0, 0.05) is 11.1 Å². The molecule has 0 radical (unpaired) electrons. The zero-order valence-electron chi connectivity index (χ0n) is 11.9. The Morgan fingerprint density at radius 3 is 2.53 bits per heavy atom. The Morgan fingerprint density at radius 1 is 1.21 bits per heavy atom. The molecule has 0 fully saturated rings. The van der Waals surface area contributed by atoms with E-state index in [1.807, 2.05) is 0 Å². The van der Waals surface area contributed by atoms with Gasteiger partial charge >= 0.3 is 0 Å². The van der Waals surface area contributed by atoms with E-state index in [0.29, 0.717) is 0 Å². The number of nitrogens with zero attached hydrogens (tertiary/aromatic N) is 1. The molecule has 1 aromatic carbocycles. The van der Waals surface area contributed by atoms with Crippen molar-refractivity contribution in [3.63, 3.8) is 0 Å². The van der Waals surface area contributed by atoms with Crippen LogP contribution in [0.2, 0.25) is 5.02 Å². The second-order valence-corrected chi connectivity index (χ2v) is 5.13. The average Bonchev–Trinajstić information content (AvgIpc) is 2.45. The number of allylic oxidation sites excluding steroid dienone is 1. The van der Waals surface area contributed by atoms with E-state index >= 15 is 0 Å². The molecule has 0 saturated heterocycles. The molecule has 1 nitrogen and oxygen atoms in total. The Kier molecular flexibility index (Phi) is 4.26. The van der Waals surface area contributed by atoms with Crippen molar-refractivity contribution in [1.82, 2.24) is 4.98 Å². The summed E-state index contributed by atoms with van der Waals surface area (Å²) in [6.45, 7) is 10.5. The summed E-state index contributed by atoms with van der Waals surface area (Å²) in [5.74, 6) is 0.